The van der Waals surface area contributed by atoms with Crippen LogP contribution in [0.15, 0.2) is 32.9 Å². The number of benzene rings is 1. The highest BCUT2D eigenvalue weighted by atomic mass is 79.9. The molecule has 0 atom stereocenters. The maximum Gasteiger partial charge on any atom is 0.242 e. The van der Waals surface area contributed by atoms with Crippen LogP contribution in [0.3, 0.4) is 0 Å². The van der Waals surface area contributed by atoms with Crippen molar-refractivity contribution in [2.24, 2.45) is 0 Å². The van der Waals surface area contributed by atoms with Gasteiger partial charge in [0.2, 0.25) is 10.0 Å². The third-order valence-electron chi connectivity index (χ3n) is 3.07. The van der Waals surface area contributed by atoms with E-state index in [-0.39, 0.29) is 6.54 Å². The zero-order valence-electron chi connectivity index (χ0n) is 11.1. The maximum atomic E-state index is 12.3. The molecule has 0 saturated carbocycles. The van der Waals surface area contributed by atoms with Gasteiger partial charge in [0.05, 0.1) is 8.68 Å². The molecule has 2 rings (SSSR count). The Labute approximate surface area is 131 Å². The van der Waals surface area contributed by atoms with E-state index < -0.39 is 10.0 Å². The van der Waals surface area contributed by atoms with Gasteiger partial charge in [-0.1, -0.05) is 12.1 Å². The van der Waals surface area contributed by atoms with Crippen molar-refractivity contribution in [3.8, 4) is 0 Å². The summed E-state index contributed by atoms with van der Waals surface area (Å²) >= 11 is 4.70. The average molecular weight is 375 g/mol. The van der Waals surface area contributed by atoms with Gasteiger partial charge in [0.25, 0.3) is 0 Å². The number of nitrogen functional groups attached to an aromatic ring is 1. The number of hydrogen-bond donors (Lipinski definition) is 2. The molecule has 0 radical (unpaired) electrons. The summed E-state index contributed by atoms with van der Waals surface area (Å²) in [5.41, 5.74) is 8.26. The molecule has 0 saturated heterocycles. The monoisotopic (exact) mass is 374 g/mol. The first kappa shape index (κ1) is 15.5. The van der Waals surface area contributed by atoms with Crippen molar-refractivity contribution in [3.05, 3.63) is 44.1 Å². The Balaban J connectivity index is 2.22. The Morgan fingerprint density at radius 2 is 2.05 bits per heavy atom. The lowest BCUT2D eigenvalue weighted by molar-refractivity contribution is 0.581. The number of nitrogens with two attached hydrogens (primary N) is 1. The van der Waals surface area contributed by atoms with Crippen molar-refractivity contribution >= 4 is 43.0 Å². The van der Waals surface area contributed by atoms with E-state index in [0.717, 1.165) is 19.8 Å². The molecule has 1 aromatic heterocycles. The Hall–Kier alpha value is -0.890. The summed E-state index contributed by atoms with van der Waals surface area (Å²) in [4.78, 5) is 1.07. The molecular formula is C13H15BrN2O2S2. The summed E-state index contributed by atoms with van der Waals surface area (Å²) in [6.45, 7) is 3.90. The Bertz CT molecular complexity index is 739. The minimum Gasteiger partial charge on any atom is -0.399 e. The Morgan fingerprint density at radius 3 is 2.65 bits per heavy atom. The van der Waals surface area contributed by atoms with E-state index in [0.29, 0.717) is 10.6 Å². The van der Waals surface area contributed by atoms with E-state index in [1.165, 1.54) is 11.3 Å². The smallest absolute Gasteiger partial charge is 0.242 e. The van der Waals surface area contributed by atoms with E-state index in [1.807, 2.05) is 19.1 Å². The number of sulfonamides is 1. The molecule has 0 unspecified atom stereocenters. The first-order valence-corrected chi connectivity index (χ1v) is 9.00. The molecule has 0 aliphatic heterocycles. The molecule has 1 heterocycles. The molecule has 0 bridgehead atoms. The number of rotatable bonds is 4. The number of hydrogen-bond acceptors (Lipinski definition) is 4. The zero-order chi connectivity index (χ0) is 14.9. The van der Waals surface area contributed by atoms with E-state index in [1.54, 1.807) is 19.1 Å². The van der Waals surface area contributed by atoms with Crippen molar-refractivity contribution in [3.63, 3.8) is 0 Å². The first-order chi connectivity index (χ1) is 9.31. The molecule has 2 aromatic rings. The van der Waals surface area contributed by atoms with Crippen molar-refractivity contribution in [2.45, 2.75) is 25.3 Å². The standard InChI is InChI=1S/C13H15BrN2O2S2/c1-8-10(4-3-5-11(8)15)7-16-20(17,18)12-6-13(14)19-9(12)2/h3-6,16H,7,15H2,1-2H3. The van der Waals surface area contributed by atoms with E-state index in [2.05, 4.69) is 20.7 Å². The van der Waals surface area contributed by atoms with Crippen LogP contribution in [0.2, 0.25) is 0 Å². The third-order valence-corrected chi connectivity index (χ3v) is 6.28. The molecule has 4 nitrogen and oxygen atoms in total. The molecule has 0 aliphatic rings. The second kappa shape index (κ2) is 5.85. The lowest BCUT2D eigenvalue weighted by atomic mass is 10.1. The van der Waals surface area contributed by atoms with E-state index in [9.17, 15) is 8.42 Å². The normalized spacial score (nSPS) is 11.8. The fourth-order valence-electron chi connectivity index (χ4n) is 1.84. The van der Waals surface area contributed by atoms with Crippen molar-refractivity contribution in [1.29, 1.82) is 0 Å². The number of nitrogens with one attached hydrogen (secondary N) is 1. The fraction of sp³-hybridized carbons (Fsp3) is 0.231. The molecule has 7 heteroatoms. The van der Waals surface area contributed by atoms with Crippen LogP contribution in [0.25, 0.3) is 0 Å². The van der Waals surface area contributed by atoms with Crippen LogP contribution in [0.5, 0.6) is 0 Å². The lowest BCUT2D eigenvalue weighted by Crippen LogP contribution is -2.23. The Morgan fingerprint density at radius 1 is 1.35 bits per heavy atom. The van der Waals surface area contributed by atoms with Crippen LogP contribution in [0, 0.1) is 13.8 Å². The summed E-state index contributed by atoms with van der Waals surface area (Å²) in [6, 6.07) is 7.10. The molecule has 0 aliphatic carbocycles. The summed E-state index contributed by atoms with van der Waals surface area (Å²) in [5, 5.41) is 0. The first-order valence-electron chi connectivity index (χ1n) is 5.91. The number of halogens is 1. The summed E-state index contributed by atoms with van der Waals surface area (Å²) in [5.74, 6) is 0. The van der Waals surface area contributed by atoms with Crippen LogP contribution >= 0.6 is 27.3 Å². The van der Waals surface area contributed by atoms with Gasteiger partial charge < -0.3 is 5.73 Å². The van der Waals surface area contributed by atoms with Crippen LogP contribution in [-0.2, 0) is 16.6 Å². The molecule has 0 spiro atoms. The SMILES string of the molecule is Cc1sc(Br)cc1S(=O)(=O)NCc1cccc(N)c1C. The topological polar surface area (TPSA) is 72.2 Å². The summed E-state index contributed by atoms with van der Waals surface area (Å²) < 4.78 is 28.0. The van der Waals surface area contributed by atoms with Gasteiger partial charge >= 0.3 is 0 Å². The fourth-order valence-corrected chi connectivity index (χ4v) is 5.26. The molecule has 3 N–H and O–H groups in total. The predicted octanol–water partition coefficient (Wildman–Crippen LogP) is 3.19. The zero-order valence-corrected chi connectivity index (χ0v) is 14.3. The second-order valence-corrected chi connectivity index (χ2v) is 8.80. The summed E-state index contributed by atoms with van der Waals surface area (Å²) in [6.07, 6.45) is 0. The molecule has 1 aromatic carbocycles. The molecule has 108 valence electrons. The third kappa shape index (κ3) is 3.22. The maximum absolute atomic E-state index is 12.3. The van der Waals surface area contributed by atoms with Crippen LogP contribution in [-0.4, -0.2) is 8.42 Å². The van der Waals surface area contributed by atoms with E-state index in [4.69, 9.17) is 5.73 Å². The number of thiophene rings is 1. The minimum atomic E-state index is -3.51. The van der Waals surface area contributed by atoms with Crippen LogP contribution in [0.1, 0.15) is 16.0 Å². The largest absolute Gasteiger partial charge is 0.399 e. The van der Waals surface area contributed by atoms with Gasteiger partial charge in [-0.2, -0.15) is 0 Å². The molecular weight excluding hydrogens is 360 g/mol. The predicted molar refractivity (Wildman–Crippen MR) is 86.4 cm³/mol. The van der Waals surface area contributed by atoms with Gasteiger partial charge in [0, 0.05) is 17.1 Å². The molecule has 20 heavy (non-hydrogen) atoms. The number of anilines is 1. The van der Waals surface area contributed by atoms with Crippen LogP contribution < -0.4 is 10.5 Å². The minimum absolute atomic E-state index is 0.228. The highest BCUT2D eigenvalue weighted by Crippen LogP contribution is 2.29. The van der Waals surface area contributed by atoms with Gasteiger partial charge in [-0.3, -0.25) is 0 Å². The van der Waals surface area contributed by atoms with Crippen LogP contribution in [0.4, 0.5) is 5.69 Å². The quantitative estimate of drug-likeness (QED) is 0.807. The highest BCUT2D eigenvalue weighted by Gasteiger charge is 2.19. The summed E-state index contributed by atoms with van der Waals surface area (Å²) in [7, 11) is -3.51. The number of aryl methyl sites for hydroxylation is 1. The van der Waals surface area contributed by atoms with Gasteiger partial charge in [-0.05, 0) is 53.0 Å². The second-order valence-electron chi connectivity index (χ2n) is 4.43. The molecule has 0 fully saturated rings. The molecule has 0 amide bonds. The van der Waals surface area contributed by atoms with Gasteiger partial charge in [-0.25, -0.2) is 13.1 Å². The Kier molecular flexibility index (Phi) is 4.53. The van der Waals surface area contributed by atoms with Gasteiger partial charge in [0.1, 0.15) is 0 Å². The van der Waals surface area contributed by atoms with Crippen molar-refractivity contribution in [1.82, 2.24) is 4.72 Å². The van der Waals surface area contributed by atoms with Gasteiger partial charge in [-0.15, -0.1) is 11.3 Å². The van der Waals surface area contributed by atoms with E-state index >= 15 is 0 Å². The highest BCUT2D eigenvalue weighted by molar-refractivity contribution is 9.11. The van der Waals surface area contributed by atoms with Gasteiger partial charge in [0.15, 0.2) is 0 Å². The van der Waals surface area contributed by atoms with Crippen molar-refractivity contribution in [2.75, 3.05) is 5.73 Å². The van der Waals surface area contributed by atoms with Crippen molar-refractivity contribution < 1.29 is 8.42 Å². The average Bonchev–Trinajstić information content (AvgIpc) is 2.71. The lowest BCUT2D eigenvalue weighted by Gasteiger charge is -2.10.